The van der Waals surface area contributed by atoms with E-state index >= 15 is 0 Å². The molecule has 0 bridgehead atoms. The maximum Gasteiger partial charge on any atom is 0.416 e. The van der Waals surface area contributed by atoms with Crippen molar-refractivity contribution in [3.63, 3.8) is 0 Å². The Labute approximate surface area is 88.3 Å². The van der Waals surface area contributed by atoms with E-state index in [0.29, 0.717) is 6.07 Å². The van der Waals surface area contributed by atoms with Gasteiger partial charge in [0.05, 0.1) is 11.1 Å². The Hall–Kier alpha value is -1.23. The Bertz CT molecular complexity index is 387. The molecule has 82 valence electrons. The maximum atomic E-state index is 12.4. The number of rotatable bonds is 2. The van der Waals surface area contributed by atoms with Crippen LogP contribution in [0.15, 0.2) is 18.2 Å². The third-order valence-corrected chi connectivity index (χ3v) is 2.09. The highest BCUT2D eigenvalue weighted by Gasteiger charge is 2.33. The zero-order valence-corrected chi connectivity index (χ0v) is 8.06. The normalized spacial score (nSPS) is 11.5. The largest absolute Gasteiger partial charge is 0.478 e. The second kappa shape index (κ2) is 4.10. The molecular formula is C9H6ClF3O2. The van der Waals surface area contributed by atoms with E-state index in [9.17, 15) is 18.0 Å². The lowest BCUT2D eigenvalue weighted by Crippen LogP contribution is -2.10. The van der Waals surface area contributed by atoms with Gasteiger partial charge in [-0.15, -0.1) is 11.6 Å². The van der Waals surface area contributed by atoms with Gasteiger partial charge in [-0.05, 0) is 17.7 Å². The van der Waals surface area contributed by atoms with Crippen molar-refractivity contribution < 1.29 is 23.1 Å². The fourth-order valence-corrected chi connectivity index (χ4v) is 1.32. The zero-order valence-electron chi connectivity index (χ0n) is 7.31. The summed E-state index contributed by atoms with van der Waals surface area (Å²) < 4.78 is 37.3. The Morgan fingerprint density at radius 1 is 1.40 bits per heavy atom. The Balaban J connectivity index is 3.32. The van der Waals surface area contributed by atoms with Gasteiger partial charge in [-0.1, -0.05) is 6.07 Å². The average Bonchev–Trinajstić information content (AvgIpc) is 2.15. The molecule has 0 aromatic heterocycles. The Morgan fingerprint density at radius 3 is 2.40 bits per heavy atom. The summed E-state index contributed by atoms with van der Waals surface area (Å²) in [6.07, 6.45) is -4.59. The van der Waals surface area contributed by atoms with E-state index in [4.69, 9.17) is 16.7 Å². The van der Waals surface area contributed by atoms with Crippen LogP contribution in [-0.4, -0.2) is 11.1 Å². The molecule has 0 amide bonds. The molecule has 0 spiro atoms. The van der Waals surface area contributed by atoms with Crippen LogP contribution in [0.4, 0.5) is 13.2 Å². The van der Waals surface area contributed by atoms with Gasteiger partial charge in [-0.25, -0.2) is 4.79 Å². The van der Waals surface area contributed by atoms with Crippen LogP contribution in [0.5, 0.6) is 0 Å². The standard InChI is InChI=1S/C9H6ClF3O2/c10-4-6-2-1-5(8(14)15)3-7(6)9(11,12)13/h1-3H,4H2,(H,14,15). The first-order chi connectivity index (χ1) is 6.86. The number of benzene rings is 1. The van der Waals surface area contributed by atoms with Gasteiger partial charge < -0.3 is 5.11 Å². The molecule has 0 aliphatic rings. The molecule has 1 rings (SSSR count). The van der Waals surface area contributed by atoms with Gasteiger partial charge in [0.25, 0.3) is 0 Å². The number of halogens is 4. The van der Waals surface area contributed by atoms with Gasteiger partial charge in [0, 0.05) is 5.88 Å². The van der Waals surface area contributed by atoms with E-state index in [1.54, 1.807) is 0 Å². The van der Waals surface area contributed by atoms with E-state index in [-0.39, 0.29) is 11.4 Å². The average molecular weight is 239 g/mol. The third kappa shape index (κ3) is 2.62. The first-order valence-electron chi connectivity index (χ1n) is 3.85. The summed E-state index contributed by atoms with van der Waals surface area (Å²) in [5.74, 6) is -1.71. The molecule has 0 fully saturated rings. The van der Waals surface area contributed by atoms with Crippen LogP contribution in [0, 0.1) is 0 Å². The molecule has 1 N–H and O–H groups in total. The molecule has 0 aliphatic heterocycles. The Kier molecular flexibility index (Phi) is 3.24. The molecule has 6 heteroatoms. The second-order valence-corrected chi connectivity index (χ2v) is 3.08. The summed E-state index contributed by atoms with van der Waals surface area (Å²) in [7, 11) is 0. The topological polar surface area (TPSA) is 37.3 Å². The van der Waals surface area contributed by atoms with Crippen molar-refractivity contribution >= 4 is 17.6 Å². The van der Waals surface area contributed by atoms with E-state index in [1.807, 2.05) is 0 Å². The number of hydrogen-bond donors (Lipinski definition) is 1. The molecular weight excluding hydrogens is 233 g/mol. The first-order valence-corrected chi connectivity index (χ1v) is 4.39. The van der Waals surface area contributed by atoms with Crippen LogP contribution in [0.2, 0.25) is 0 Å². The number of alkyl halides is 4. The molecule has 0 saturated carbocycles. The minimum atomic E-state index is -4.59. The quantitative estimate of drug-likeness (QED) is 0.804. The van der Waals surface area contributed by atoms with E-state index < -0.39 is 23.3 Å². The molecule has 0 heterocycles. The van der Waals surface area contributed by atoms with E-state index in [2.05, 4.69) is 0 Å². The summed E-state index contributed by atoms with van der Waals surface area (Å²) in [6.45, 7) is 0. The minimum Gasteiger partial charge on any atom is -0.478 e. The highest BCUT2D eigenvalue weighted by molar-refractivity contribution is 6.17. The van der Waals surface area contributed by atoms with Crippen molar-refractivity contribution in [3.8, 4) is 0 Å². The highest BCUT2D eigenvalue weighted by Crippen LogP contribution is 2.33. The summed E-state index contributed by atoms with van der Waals surface area (Å²) in [5, 5.41) is 8.54. The van der Waals surface area contributed by atoms with Crippen molar-refractivity contribution in [1.82, 2.24) is 0 Å². The fraction of sp³-hybridized carbons (Fsp3) is 0.222. The predicted molar refractivity (Wildman–Crippen MR) is 48.0 cm³/mol. The summed E-state index contributed by atoms with van der Waals surface area (Å²) in [4.78, 5) is 10.5. The number of hydrogen-bond acceptors (Lipinski definition) is 1. The molecule has 1 aromatic rings. The number of aromatic carboxylic acids is 1. The third-order valence-electron chi connectivity index (χ3n) is 1.81. The molecule has 15 heavy (non-hydrogen) atoms. The highest BCUT2D eigenvalue weighted by atomic mass is 35.5. The van der Waals surface area contributed by atoms with Crippen molar-refractivity contribution in [1.29, 1.82) is 0 Å². The van der Waals surface area contributed by atoms with Crippen LogP contribution >= 0.6 is 11.6 Å². The van der Waals surface area contributed by atoms with Crippen molar-refractivity contribution in [3.05, 3.63) is 34.9 Å². The lowest BCUT2D eigenvalue weighted by Gasteiger charge is -2.11. The van der Waals surface area contributed by atoms with E-state index in [0.717, 1.165) is 12.1 Å². The number of carboxylic acids is 1. The monoisotopic (exact) mass is 238 g/mol. The van der Waals surface area contributed by atoms with Gasteiger partial charge in [0.1, 0.15) is 0 Å². The fourth-order valence-electron chi connectivity index (χ4n) is 1.09. The second-order valence-electron chi connectivity index (χ2n) is 2.81. The first kappa shape index (κ1) is 11.8. The zero-order chi connectivity index (χ0) is 11.6. The van der Waals surface area contributed by atoms with Crippen LogP contribution in [-0.2, 0) is 12.1 Å². The summed E-state index contributed by atoms with van der Waals surface area (Å²) in [6, 6.07) is 2.74. The lowest BCUT2D eigenvalue weighted by molar-refractivity contribution is -0.138. The van der Waals surface area contributed by atoms with Crippen molar-refractivity contribution in [2.75, 3.05) is 0 Å². The van der Waals surface area contributed by atoms with Crippen LogP contribution in [0.25, 0.3) is 0 Å². The summed E-state index contributed by atoms with van der Waals surface area (Å²) >= 11 is 5.32. The molecule has 0 radical (unpaired) electrons. The van der Waals surface area contributed by atoms with Gasteiger partial charge in [-0.3, -0.25) is 0 Å². The van der Waals surface area contributed by atoms with Crippen LogP contribution in [0.1, 0.15) is 21.5 Å². The lowest BCUT2D eigenvalue weighted by atomic mass is 10.0. The number of carbonyl (C=O) groups is 1. The molecule has 1 aromatic carbocycles. The van der Waals surface area contributed by atoms with Crippen LogP contribution < -0.4 is 0 Å². The molecule has 2 nitrogen and oxygen atoms in total. The van der Waals surface area contributed by atoms with Gasteiger partial charge in [0.15, 0.2) is 0 Å². The molecule has 0 unspecified atom stereocenters. The SMILES string of the molecule is O=C(O)c1ccc(CCl)c(C(F)(F)F)c1. The maximum absolute atomic E-state index is 12.4. The van der Waals surface area contributed by atoms with Gasteiger partial charge in [-0.2, -0.15) is 13.2 Å². The van der Waals surface area contributed by atoms with Gasteiger partial charge >= 0.3 is 12.1 Å². The minimum absolute atomic E-state index is 0.130. The van der Waals surface area contributed by atoms with E-state index in [1.165, 1.54) is 0 Å². The molecule has 0 saturated heterocycles. The van der Waals surface area contributed by atoms with Gasteiger partial charge in [0.2, 0.25) is 0 Å². The predicted octanol–water partition coefficient (Wildman–Crippen LogP) is 3.14. The number of carboxylic acid groups (broad SMARTS) is 1. The molecule has 0 aliphatic carbocycles. The Morgan fingerprint density at radius 2 is 2.00 bits per heavy atom. The molecule has 0 atom stereocenters. The van der Waals surface area contributed by atoms with Crippen LogP contribution in [0.3, 0.4) is 0 Å². The summed E-state index contributed by atoms with van der Waals surface area (Å²) in [5.41, 5.74) is -1.54. The van der Waals surface area contributed by atoms with Crippen molar-refractivity contribution in [2.24, 2.45) is 0 Å². The smallest absolute Gasteiger partial charge is 0.416 e. The van der Waals surface area contributed by atoms with Crippen molar-refractivity contribution in [2.45, 2.75) is 12.1 Å².